The molecule has 0 N–H and O–H groups in total. The predicted octanol–water partition coefficient (Wildman–Crippen LogP) is 2.06. The van der Waals surface area contributed by atoms with Gasteiger partial charge in [0.15, 0.2) is 5.76 Å². The van der Waals surface area contributed by atoms with Crippen molar-refractivity contribution in [2.24, 2.45) is 0 Å². The summed E-state index contributed by atoms with van der Waals surface area (Å²) >= 11 is 0. The molecule has 0 aliphatic carbocycles. The number of halogens is 1. The van der Waals surface area contributed by atoms with Crippen molar-refractivity contribution in [1.29, 1.82) is 0 Å². The van der Waals surface area contributed by atoms with Crippen LogP contribution in [0.5, 0.6) is 0 Å². The van der Waals surface area contributed by atoms with Gasteiger partial charge >= 0.3 is 0 Å². The van der Waals surface area contributed by atoms with Crippen LogP contribution < -0.4 is 0 Å². The summed E-state index contributed by atoms with van der Waals surface area (Å²) in [5.41, 5.74) is 0.478. The van der Waals surface area contributed by atoms with Crippen LogP contribution in [0.3, 0.4) is 0 Å². The van der Waals surface area contributed by atoms with Gasteiger partial charge in [-0.15, -0.1) is 0 Å². The summed E-state index contributed by atoms with van der Waals surface area (Å²) in [6.07, 6.45) is 1.48. The zero-order chi connectivity index (χ0) is 16.2. The molecule has 1 aromatic carbocycles. The number of ketones is 1. The van der Waals surface area contributed by atoms with Gasteiger partial charge in [0.25, 0.3) is 5.91 Å². The van der Waals surface area contributed by atoms with Crippen molar-refractivity contribution in [3.05, 3.63) is 59.8 Å². The average Bonchev–Trinajstić information content (AvgIpc) is 3.10. The molecule has 120 valence electrons. The largest absolute Gasteiger partial charge is 0.461 e. The van der Waals surface area contributed by atoms with Gasteiger partial charge in [-0.1, -0.05) is 0 Å². The molecule has 3 rings (SSSR count). The van der Waals surface area contributed by atoms with Crippen molar-refractivity contribution in [1.82, 2.24) is 9.80 Å². The van der Waals surface area contributed by atoms with E-state index in [9.17, 15) is 14.0 Å². The summed E-state index contributed by atoms with van der Waals surface area (Å²) in [5.74, 6) is -0.173. The van der Waals surface area contributed by atoms with Gasteiger partial charge < -0.3 is 9.32 Å². The summed E-state index contributed by atoms with van der Waals surface area (Å²) in [6, 6.07) is 8.88. The second kappa shape index (κ2) is 6.75. The second-order valence-corrected chi connectivity index (χ2v) is 5.48. The second-order valence-electron chi connectivity index (χ2n) is 5.48. The van der Waals surface area contributed by atoms with Gasteiger partial charge in [0.1, 0.15) is 5.82 Å². The number of amides is 1. The van der Waals surface area contributed by atoms with Gasteiger partial charge in [-0.3, -0.25) is 14.5 Å². The molecule has 1 aromatic heterocycles. The van der Waals surface area contributed by atoms with E-state index in [1.807, 2.05) is 4.90 Å². The van der Waals surface area contributed by atoms with E-state index in [2.05, 4.69) is 0 Å². The molecule has 0 saturated carbocycles. The molecule has 0 spiro atoms. The molecule has 1 saturated heterocycles. The molecular formula is C17H17FN2O3. The predicted molar refractivity (Wildman–Crippen MR) is 81.8 cm³/mol. The molecule has 6 heteroatoms. The van der Waals surface area contributed by atoms with E-state index in [4.69, 9.17) is 4.42 Å². The number of carbonyl (C=O) groups is 2. The minimum absolute atomic E-state index is 0.0617. The maximum atomic E-state index is 12.9. The Morgan fingerprint density at radius 3 is 2.35 bits per heavy atom. The van der Waals surface area contributed by atoms with Crippen molar-refractivity contribution in [2.45, 2.75) is 0 Å². The molecule has 1 aliphatic rings. The van der Waals surface area contributed by atoms with Gasteiger partial charge in [0, 0.05) is 31.7 Å². The Hall–Kier alpha value is -2.47. The third kappa shape index (κ3) is 3.65. The first-order valence-corrected chi connectivity index (χ1v) is 7.47. The Bertz CT molecular complexity index is 674. The number of piperazine rings is 1. The zero-order valence-electron chi connectivity index (χ0n) is 12.6. The summed E-state index contributed by atoms with van der Waals surface area (Å²) in [5, 5.41) is 0. The summed E-state index contributed by atoms with van der Waals surface area (Å²) < 4.78 is 18.0. The lowest BCUT2D eigenvalue weighted by atomic mass is 10.1. The Balaban J connectivity index is 1.53. The van der Waals surface area contributed by atoms with Gasteiger partial charge in [0.2, 0.25) is 5.78 Å². The third-order valence-electron chi connectivity index (χ3n) is 3.91. The third-order valence-corrected chi connectivity index (χ3v) is 3.91. The minimum atomic E-state index is -0.359. The highest BCUT2D eigenvalue weighted by molar-refractivity contribution is 5.95. The maximum absolute atomic E-state index is 12.9. The SMILES string of the molecule is O=C(CN1CCN(C(=O)c2ccc(F)cc2)CC1)c1ccco1. The van der Waals surface area contributed by atoms with E-state index in [0.717, 1.165) is 0 Å². The Morgan fingerprint density at radius 2 is 1.74 bits per heavy atom. The number of benzene rings is 1. The number of hydrogen-bond acceptors (Lipinski definition) is 4. The van der Waals surface area contributed by atoms with Crippen molar-refractivity contribution >= 4 is 11.7 Å². The van der Waals surface area contributed by atoms with Gasteiger partial charge in [0.05, 0.1) is 12.8 Å². The fourth-order valence-corrected chi connectivity index (χ4v) is 2.60. The van der Waals surface area contributed by atoms with Crippen LogP contribution in [-0.4, -0.2) is 54.2 Å². The number of carbonyl (C=O) groups excluding carboxylic acids is 2. The van der Waals surface area contributed by atoms with Crippen LogP contribution in [0, 0.1) is 5.82 Å². The lowest BCUT2D eigenvalue weighted by Gasteiger charge is -2.34. The van der Waals surface area contributed by atoms with Gasteiger partial charge in [-0.2, -0.15) is 0 Å². The molecule has 2 aromatic rings. The molecule has 23 heavy (non-hydrogen) atoms. The first-order chi connectivity index (χ1) is 11.1. The highest BCUT2D eigenvalue weighted by atomic mass is 19.1. The van der Waals surface area contributed by atoms with Crippen LogP contribution >= 0.6 is 0 Å². The van der Waals surface area contributed by atoms with Gasteiger partial charge in [-0.05, 0) is 36.4 Å². The Kier molecular flexibility index (Phi) is 4.52. The van der Waals surface area contributed by atoms with Crippen molar-refractivity contribution in [2.75, 3.05) is 32.7 Å². The molecule has 1 amide bonds. The molecule has 0 radical (unpaired) electrons. The van der Waals surface area contributed by atoms with Crippen LogP contribution in [0.1, 0.15) is 20.9 Å². The van der Waals surface area contributed by atoms with Crippen molar-refractivity contribution < 1.29 is 18.4 Å². The number of Topliss-reactive ketones (excluding diaryl/α,β-unsaturated/α-hetero) is 1. The van der Waals surface area contributed by atoms with E-state index in [1.54, 1.807) is 17.0 Å². The smallest absolute Gasteiger partial charge is 0.253 e. The van der Waals surface area contributed by atoms with E-state index in [1.165, 1.54) is 30.5 Å². The van der Waals surface area contributed by atoms with Crippen LogP contribution in [0.2, 0.25) is 0 Å². The average molecular weight is 316 g/mol. The first kappa shape index (κ1) is 15.4. The van der Waals surface area contributed by atoms with Crippen LogP contribution in [-0.2, 0) is 0 Å². The van der Waals surface area contributed by atoms with E-state index in [0.29, 0.717) is 37.5 Å². The number of hydrogen-bond donors (Lipinski definition) is 0. The summed E-state index contributed by atoms with van der Waals surface area (Å²) in [7, 11) is 0. The number of rotatable bonds is 4. The minimum Gasteiger partial charge on any atom is -0.461 e. The summed E-state index contributed by atoms with van der Waals surface area (Å²) in [4.78, 5) is 28.0. The van der Waals surface area contributed by atoms with Crippen LogP contribution in [0.15, 0.2) is 47.1 Å². The van der Waals surface area contributed by atoms with Crippen LogP contribution in [0.25, 0.3) is 0 Å². The lowest BCUT2D eigenvalue weighted by Crippen LogP contribution is -2.49. The molecule has 0 atom stereocenters. The quantitative estimate of drug-likeness (QED) is 0.810. The summed E-state index contributed by atoms with van der Waals surface area (Å²) in [6.45, 7) is 2.62. The van der Waals surface area contributed by atoms with E-state index in [-0.39, 0.29) is 24.1 Å². The lowest BCUT2D eigenvalue weighted by molar-refractivity contribution is 0.0620. The number of nitrogens with zero attached hydrogens (tertiary/aromatic N) is 2. The molecule has 1 aliphatic heterocycles. The van der Waals surface area contributed by atoms with Gasteiger partial charge in [-0.25, -0.2) is 4.39 Å². The monoisotopic (exact) mass is 316 g/mol. The molecule has 0 unspecified atom stereocenters. The normalized spacial score (nSPS) is 15.6. The standard InChI is InChI=1S/C17H17FN2O3/c18-14-5-3-13(4-6-14)17(22)20-9-7-19(8-10-20)12-15(21)16-2-1-11-23-16/h1-6,11H,7-10,12H2. The molecular weight excluding hydrogens is 299 g/mol. The highest BCUT2D eigenvalue weighted by Crippen LogP contribution is 2.11. The molecule has 0 bridgehead atoms. The topological polar surface area (TPSA) is 53.8 Å². The molecule has 2 heterocycles. The molecule has 5 nitrogen and oxygen atoms in total. The highest BCUT2D eigenvalue weighted by Gasteiger charge is 2.24. The van der Waals surface area contributed by atoms with Crippen molar-refractivity contribution in [3.8, 4) is 0 Å². The van der Waals surface area contributed by atoms with Crippen LogP contribution in [0.4, 0.5) is 4.39 Å². The number of furan rings is 1. The maximum Gasteiger partial charge on any atom is 0.253 e. The van der Waals surface area contributed by atoms with E-state index >= 15 is 0 Å². The van der Waals surface area contributed by atoms with Crippen molar-refractivity contribution in [3.63, 3.8) is 0 Å². The fourth-order valence-electron chi connectivity index (χ4n) is 2.60. The van der Waals surface area contributed by atoms with E-state index < -0.39 is 0 Å². The Morgan fingerprint density at radius 1 is 1.04 bits per heavy atom. The molecule has 1 fully saturated rings. The fraction of sp³-hybridized carbons (Fsp3) is 0.294. The first-order valence-electron chi connectivity index (χ1n) is 7.47. The zero-order valence-corrected chi connectivity index (χ0v) is 12.6. The Labute approximate surface area is 133 Å².